The quantitative estimate of drug-likeness (QED) is 0.728. The highest BCUT2D eigenvalue weighted by Gasteiger charge is 2.61. The zero-order chi connectivity index (χ0) is 15.8. The highest BCUT2D eigenvalue weighted by Crippen LogP contribution is 2.54. The third-order valence-corrected chi connectivity index (χ3v) is 8.98. The summed E-state index contributed by atoms with van der Waals surface area (Å²) in [6.07, 6.45) is 4.93. The van der Waals surface area contributed by atoms with Crippen LogP contribution in [-0.2, 0) is 9.47 Å². The summed E-state index contributed by atoms with van der Waals surface area (Å²) in [6.45, 7) is 10.2. The fourth-order valence-corrected chi connectivity index (χ4v) is 7.74. The van der Waals surface area contributed by atoms with Crippen molar-refractivity contribution >= 4 is 13.3 Å². The molecule has 0 amide bonds. The summed E-state index contributed by atoms with van der Waals surface area (Å²) >= 11 is 0. The summed E-state index contributed by atoms with van der Waals surface area (Å²) in [5, 5.41) is 1.53. The minimum Gasteiger partial charge on any atom is -0.347 e. The van der Waals surface area contributed by atoms with Crippen molar-refractivity contribution in [1.29, 1.82) is 0 Å². The van der Waals surface area contributed by atoms with Crippen molar-refractivity contribution in [1.82, 2.24) is 0 Å². The van der Waals surface area contributed by atoms with Crippen LogP contribution in [0.15, 0.2) is 30.3 Å². The first kappa shape index (κ1) is 16.2. The Morgan fingerprint density at radius 1 is 1.23 bits per heavy atom. The van der Waals surface area contributed by atoms with Gasteiger partial charge in [0.15, 0.2) is 5.79 Å². The lowest BCUT2D eigenvalue weighted by atomic mass is 9.82. The van der Waals surface area contributed by atoms with E-state index in [4.69, 9.17) is 9.47 Å². The first-order chi connectivity index (χ1) is 10.4. The molecule has 2 heterocycles. The summed E-state index contributed by atoms with van der Waals surface area (Å²) in [7, 11) is -1.53. The zero-order valence-electron chi connectivity index (χ0n) is 14.5. The summed E-state index contributed by atoms with van der Waals surface area (Å²) in [5.41, 5.74) is -0.0323. The highest BCUT2D eigenvalue weighted by atomic mass is 28.3. The van der Waals surface area contributed by atoms with Crippen molar-refractivity contribution in [3.05, 3.63) is 30.3 Å². The van der Waals surface area contributed by atoms with Crippen LogP contribution in [-0.4, -0.2) is 26.1 Å². The molecule has 2 aliphatic heterocycles. The van der Waals surface area contributed by atoms with Crippen LogP contribution in [0.2, 0.25) is 19.1 Å². The summed E-state index contributed by atoms with van der Waals surface area (Å²) in [5.74, 6) is 0.348. The molecule has 3 heteroatoms. The SMILES string of the molecule is CCCCC1CC2(C)OCC1(C[Si](C)(C)c1ccccc1)O2. The van der Waals surface area contributed by atoms with Crippen LogP contribution in [0.3, 0.4) is 0 Å². The van der Waals surface area contributed by atoms with E-state index in [-0.39, 0.29) is 11.4 Å². The lowest BCUT2D eigenvalue weighted by molar-refractivity contribution is -0.136. The predicted molar refractivity (Wildman–Crippen MR) is 94.2 cm³/mol. The third kappa shape index (κ3) is 2.91. The van der Waals surface area contributed by atoms with Gasteiger partial charge < -0.3 is 9.47 Å². The van der Waals surface area contributed by atoms with Gasteiger partial charge in [-0.1, -0.05) is 68.4 Å². The lowest BCUT2D eigenvalue weighted by Crippen LogP contribution is -2.51. The Labute approximate surface area is 136 Å². The van der Waals surface area contributed by atoms with Crippen LogP contribution in [0, 0.1) is 5.92 Å². The largest absolute Gasteiger partial charge is 0.347 e. The molecule has 0 radical (unpaired) electrons. The summed E-state index contributed by atoms with van der Waals surface area (Å²) in [6, 6.07) is 12.2. The van der Waals surface area contributed by atoms with Gasteiger partial charge in [-0.15, -0.1) is 0 Å². The second-order valence-electron chi connectivity index (χ2n) is 8.06. The molecule has 3 rings (SSSR count). The molecule has 3 unspecified atom stereocenters. The molecule has 0 N–H and O–H groups in total. The smallest absolute Gasteiger partial charge is 0.166 e. The van der Waals surface area contributed by atoms with Crippen molar-refractivity contribution in [2.24, 2.45) is 5.92 Å². The molecule has 0 aliphatic carbocycles. The van der Waals surface area contributed by atoms with Crippen molar-refractivity contribution in [3.8, 4) is 0 Å². The van der Waals surface area contributed by atoms with Crippen LogP contribution in [0.1, 0.15) is 39.5 Å². The topological polar surface area (TPSA) is 18.5 Å². The van der Waals surface area contributed by atoms with E-state index in [0.717, 1.165) is 13.0 Å². The van der Waals surface area contributed by atoms with Gasteiger partial charge in [0, 0.05) is 6.42 Å². The van der Waals surface area contributed by atoms with E-state index in [9.17, 15) is 0 Å². The Hall–Kier alpha value is -0.643. The van der Waals surface area contributed by atoms with Gasteiger partial charge in [0.05, 0.1) is 20.3 Å². The second kappa shape index (κ2) is 5.77. The van der Waals surface area contributed by atoms with Gasteiger partial charge in [0.2, 0.25) is 0 Å². The van der Waals surface area contributed by atoms with Crippen molar-refractivity contribution in [2.75, 3.05) is 6.61 Å². The Morgan fingerprint density at radius 3 is 2.59 bits per heavy atom. The molecular weight excluding hydrogens is 288 g/mol. The summed E-state index contributed by atoms with van der Waals surface area (Å²) in [4.78, 5) is 0. The fraction of sp³-hybridized carbons (Fsp3) is 0.684. The van der Waals surface area contributed by atoms with Gasteiger partial charge in [0.25, 0.3) is 0 Å². The molecule has 2 aliphatic rings. The molecule has 1 aromatic carbocycles. The number of rotatable bonds is 6. The molecule has 0 spiro atoms. The molecule has 3 atom stereocenters. The summed E-state index contributed by atoms with van der Waals surface area (Å²) < 4.78 is 12.6. The van der Waals surface area contributed by atoms with E-state index in [1.165, 1.54) is 30.5 Å². The molecule has 0 saturated carbocycles. The molecule has 2 bridgehead atoms. The number of benzene rings is 1. The molecule has 0 aromatic heterocycles. The average Bonchev–Trinajstić information content (AvgIpc) is 2.95. The monoisotopic (exact) mass is 318 g/mol. The number of hydrogen-bond donors (Lipinski definition) is 0. The van der Waals surface area contributed by atoms with E-state index in [1.54, 1.807) is 0 Å². The highest BCUT2D eigenvalue weighted by molar-refractivity contribution is 6.90. The van der Waals surface area contributed by atoms with Crippen molar-refractivity contribution in [2.45, 2.75) is 70.1 Å². The molecule has 2 saturated heterocycles. The van der Waals surface area contributed by atoms with Crippen LogP contribution in [0.5, 0.6) is 0 Å². The number of unbranched alkanes of at least 4 members (excludes halogenated alkanes) is 1. The first-order valence-electron chi connectivity index (χ1n) is 8.79. The molecular formula is C19H30O2Si. The van der Waals surface area contributed by atoms with Crippen molar-refractivity contribution in [3.63, 3.8) is 0 Å². The number of fused-ring (bicyclic) bond motifs is 2. The minimum absolute atomic E-state index is 0.0323. The maximum atomic E-state index is 6.53. The van der Waals surface area contributed by atoms with Gasteiger partial charge in [-0.2, -0.15) is 0 Å². The van der Waals surface area contributed by atoms with Crippen LogP contribution >= 0.6 is 0 Å². The Balaban J connectivity index is 1.82. The molecule has 2 nitrogen and oxygen atoms in total. The number of ether oxygens (including phenoxy) is 2. The van der Waals surface area contributed by atoms with E-state index >= 15 is 0 Å². The average molecular weight is 319 g/mol. The van der Waals surface area contributed by atoms with Crippen LogP contribution in [0.25, 0.3) is 0 Å². The number of hydrogen-bond acceptors (Lipinski definition) is 2. The molecule has 1 aromatic rings. The Bertz CT molecular complexity index is 515. The third-order valence-electron chi connectivity index (χ3n) is 5.60. The Morgan fingerprint density at radius 2 is 1.95 bits per heavy atom. The van der Waals surface area contributed by atoms with E-state index < -0.39 is 8.07 Å². The normalized spacial score (nSPS) is 34.3. The van der Waals surface area contributed by atoms with Crippen molar-refractivity contribution < 1.29 is 9.47 Å². The zero-order valence-corrected chi connectivity index (χ0v) is 15.5. The predicted octanol–water partition coefficient (Wildman–Crippen LogP) is 4.31. The van der Waals surface area contributed by atoms with Gasteiger partial charge in [-0.05, 0) is 25.3 Å². The standard InChI is InChI=1S/C19H30O2Si/c1-5-6-10-16-13-18(2)20-14-19(16,21-18)15-22(3,4)17-11-8-7-9-12-17/h7-9,11-12,16H,5-6,10,13-15H2,1-4H3. The van der Waals surface area contributed by atoms with Crippen LogP contribution < -0.4 is 5.19 Å². The molecule has 22 heavy (non-hydrogen) atoms. The Kier molecular flexibility index (Phi) is 4.26. The minimum atomic E-state index is -1.53. The van der Waals surface area contributed by atoms with Gasteiger partial charge in [0.1, 0.15) is 0 Å². The van der Waals surface area contributed by atoms with Gasteiger partial charge in [-0.25, -0.2) is 0 Å². The first-order valence-corrected chi connectivity index (χ1v) is 12.0. The fourth-order valence-electron chi connectivity index (χ4n) is 4.49. The molecule has 122 valence electrons. The van der Waals surface area contributed by atoms with E-state index in [1.807, 2.05) is 0 Å². The van der Waals surface area contributed by atoms with E-state index in [0.29, 0.717) is 5.92 Å². The van der Waals surface area contributed by atoms with Gasteiger partial charge >= 0.3 is 0 Å². The maximum absolute atomic E-state index is 6.53. The van der Waals surface area contributed by atoms with E-state index in [2.05, 4.69) is 57.3 Å². The molecule has 2 fully saturated rings. The maximum Gasteiger partial charge on any atom is 0.166 e. The lowest BCUT2D eigenvalue weighted by Gasteiger charge is -2.38. The van der Waals surface area contributed by atoms with Crippen LogP contribution in [0.4, 0.5) is 0 Å². The second-order valence-corrected chi connectivity index (χ2v) is 12.8. The van der Waals surface area contributed by atoms with Gasteiger partial charge in [-0.3, -0.25) is 0 Å².